The predicted molar refractivity (Wildman–Crippen MR) is 139 cm³/mol. The topological polar surface area (TPSA) is 87.2 Å². The summed E-state index contributed by atoms with van der Waals surface area (Å²) in [6.07, 6.45) is 1.98. The van der Waals surface area contributed by atoms with Crippen LogP contribution in [0.2, 0.25) is 0 Å². The fourth-order valence-electron chi connectivity index (χ4n) is 5.76. The van der Waals surface area contributed by atoms with Gasteiger partial charge >= 0.3 is 6.09 Å². The number of nitrogens with zero attached hydrogens (tertiary/aromatic N) is 3. The Labute approximate surface area is 227 Å². The van der Waals surface area contributed by atoms with E-state index in [1.54, 1.807) is 22.8 Å². The van der Waals surface area contributed by atoms with E-state index in [0.29, 0.717) is 69.4 Å². The summed E-state index contributed by atoms with van der Waals surface area (Å²) < 4.78 is 64.5. The fraction of sp³-hybridized carbons (Fsp3) is 0.500. The number of piperidine rings is 1. The molecule has 3 aliphatic rings. The molecule has 2 atom stereocenters. The van der Waals surface area contributed by atoms with Crippen molar-refractivity contribution in [3.05, 3.63) is 65.2 Å². The van der Waals surface area contributed by atoms with E-state index in [-0.39, 0.29) is 10.8 Å². The molecule has 2 aromatic carbocycles. The van der Waals surface area contributed by atoms with E-state index in [9.17, 15) is 26.8 Å². The molecule has 5 rings (SSSR count). The van der Waals surface area contributed by atoms with E-state index in [1.807, 2.05) is 0 Å². The first-order valence-corrected chi connectivity index (χ1v) is 14.7. The highest BCUT2D eigenvalue weighted by Crippen LogP contribution is 2.52. The highest BCUT2D eigenvalue weighted by Gasteiger charge is 2.60. The lowest BCUT2D eigenvalue weighted by Gasteiger charge is -2.45. The lowest BCUT2D eigenvalue weighted by atomic mass is 9.90. The molecule has 2 aromatic rings. The van der Waals surface area contributed by atoms with Crippen molar-refractivity contribution in [1.29, 1.82) is 0 Å². The highest BCUT2D eigenvalue weighted by atomic mass is 32.2. The summed E-state index contributed by atoms with van der Waals surface area (Å²) in [6, 6.07) is 8.26. The second-order valence-corrected chi connectivity index (χ2v) is 12.5. The number of carbonyl (C=O) groups excluding carboxylic acids is 2. The third-order valence-electron chi connectivity index (χ3n) is 8.15. The standard InChI is InChI=1S/C28H33F2N3O5S/c1-19-9-10-23(18-24(19)30)39(36,37)33-25(21-5-3-6-22(29)17-21)7-4-8-26(33)28(11-12-28)38-27(35)32-15-13-31(14-16-32)20(2)34/h3,5-6,9-10,17-18,25-26H,4,7-8,11-16H2,1-2H3/t25-,26+/m0/s1. The van der Waals surface area contributed by atoms with Gasteiger partial charge in [-0.2, -0.15) is 4.31 Å². The molecule has 2 aliphatic heterocycles. The molecule has 2 saturated heterocycles. The average molecular weight is 562 g/mol. The maximum absolute atomic E-state index is 14.5. The van der Waals surface area contributed by atoms with Gasteiger partial charge in [-0.15, -0.1) is 0 Å². The van der Waals surface area contributed by atoms with Crippen molar-refractivity contribution >= 4 is 22.0 Å². The monoisotopic (exact) mass is 561 g/mol. The van der Waals surface area contributed by atoms with Gasteiger partial charge in [0.1, 0.15) is 17.2 Å². The molecule has 0 aromatic heterocycles. The number of halogens is 2. The fourth-order valence-corrected chi connectivity index (χ4v) is 7.69. The molecular weight excluding hydrogens is 528 g/mol. The van der Waals surface area contributed by atoms with E-state index >= 15 is 0 Å². The van der Waals surface area contributed by atoms with Crippen molar-refractivity contribution in [2.24, 2.45) is 0 Å². The summed E-state index contributed by atoms with van der Waals surface area (Å²) in [5, 5.41) is 0. The number of piperazine rings is 1. The Bertz CT molecular complexity index is 1370. The van der Waals surface area contributed by atoms with Crippen LogP contribution in [0.5, 0.6) is 0 Å². The Kier molecular flexibility index (Phi) is 7.41. The van der Waals surface area contributed by atoms with Crippen LogP contribution in [-0.2, 0) is 19.6 Å². The SMILES string of the molecule is CC(=O)N1CCN(C(=O)OC2([C@H]3CCC[C@@H](c4cccc(F)c4)N3S(=O)(=O)c3ccc(C)c(F)c3)CC2)CC1. The van der Waals surface area contributed by atoms with Crippen LogP contribution in [0.1, 0.15) is 56.2 Å². The van der Waals surface area contributed by atoms with Gasteiger partial charge < -0.3 is 14.5 Å². The van der Waals surface area contributed by atoms with E-state index < -0.39 is 45.4 Å². The van der Waals surface area contributed by atoms with Gasteiger partial charge in [0.25, 0.3) is 0 Å². The minimum Gasteiger partial charge on any atom is -0.441 e. The van der Waals surface area contributed by atoms with Gasteiger partial charge in [-0.1, -0.05) is 18.2 Å². The molecular formula is C28H33F2N3O5S. The lowest BCUT2D eigenvalue weighted by Crippen LogP contribution is -2.55. The van der Waals surface area contributed by atoms with Gasteiger partial charge in [0, 0.05) is 33.1 Å². The van der Waals surface area contributed by atoms with Gasteiger partial charge in [-0.25, -0.2) is 22.0 Å². The molecule has 1 aliphatic carbocycles. The van der Waals surface area contributed by atoms with Crippen LogP contribution < -0.4 is 0 Å². The average Bonchev–Trinajstić information content (AvgIpc) is 3.70. The number of hydrogen-bond acceptors (Lipinski definition) is 5. The van der Waals surface area contributed by atoms with E-state index in [2.05, 4.69) is 0 Å². The number of amides is 2. The van der Waals surface area contributed by atoms with E-state index in [1.165, 1.54) is 41.6 Å². The molecule has 0 unspecified atom stereocenters. The smallest absolute Gasteiger partial charge is 0.410 e. The van der Waals surface area contributed by atoms with Gasteiger partial charge in [-0.05, 0) is 74.4 Å². The molecule has 210 valence electrons. The predicted octanol–water partition coefficient (Wildman–Crippen LogP) is 4.39. The Morgan fingerprint density at radius 3 is 2.28 bits per heavy atom. The van der Waals surface area contributed by atoms with E-state index in [4.69, 9.17) is 4.74 Å². The third-order valence-corrected chi connectivity index (χ3v) is 10.1. The highest BCUT2D eigenvalue weighted by molar-refractivity contribution is 7.89. The maximum atomic E-state index is 14.5. The normalized spacial score (nSPS) is 23.4. The summed E-state index contributed by atoms with van der Waals surface area (Å²) in [7, 11) is -4.26. The molecule has 11 heteroatoms. The summed E-state index contributed by atoms with van der Waals surface area (Å²) in [6.45, 7) is 4.51. The van der Waals surface area contributed by atoms with Crippen molar-refractivity contribution in [3.8, 4) is 0 Å². The number of benzene rings is 2. The zero-order valence-electron chi connectivity index (χ0n) is 22.1. The van der Waals surface area contributed by atoms with Crippen LogP contribution in [0.4, 0.5) is 13.6 Å². The quantitative estimate of drug-likeness (QED) is 0.541. The summed E-state index contributed by atoms with van der Waals surface area (Å²) in [5.41, 5.74) is -0.210. The van der Waals surface area contributed by atoms with Crippen molar-refractivity contribution in [2.45, 2.75) is 68.5 Å². The first-order valence-electron chi connectivity index (χ1n) is 13.3. The number of ether oxygens (including phenoxy) is 1. The zero-order valence-corrected chi connectivity index (χ0v) is 22.9. The Hall–Kier alpha value is -3.05. The number of hydrogen-bond donors (Lipinski definition) is 0. The van der Waals surface area contributed by atoms with Crippen molar-refractivity contribution in [2.75, 3.05) is 26.2 Å². The Morgan fingerprint density at radius 1 is 0.974 bits per heavy atom. The Balaban J connectivity index is 1.48. The molecule has 3 fully saturated rings. The van der Waals surface area contributed by atoms with E-state index in [0.717, 1.165) is 6.07 Å². The van der Waals surface area contributed by atoms with Crippen LogP contribution in [0, 0.1) is 18.6 Å². The van der Waals surface area contributed by atoms with Crippen LogP contribution >= 0.6 is 0 Å². The Morgan fingerprint density at radius 2 is 1.67 bits per heavy atom. The largest absolute Gasteiger partial charge is 0.441 e. The van der Waals surface area contributed by atoms with Crippen molar-refractivity contribution < 1.29 is 31.5 Å². The van der Waals surface area contributed by atoms with Gasteiger partial charge in [-0.3, -0.25) is 4.79 Å². The molecule has 8 nitrogen and oxygen atoms in total. The number of carbonyl (C=O) groups is 2. The van der Waals surface area contributed by atoms with Gasteiger partial charge in [0.05, 0.1) is 17.0 Å². The van der Waals surface area contributed by atoms with Gasteiger partial charge in [0.15, 0.2) is 0 Å². The molecule has 39 heavy (non-hydrogen) atoms. The number of sulfonamides is 1. The molecule has 2 heterocycles. The zero-order chi connectivity index (χ0) is 27.9. The van der Waals surface area contributed by atoms with Crippen LogP contribution in [0.25, 0.3) is 0 Å². The first kappa shape index (κ1) is 27.5. The van der Waals surface area contributed by atoms with Crippen LogP contribution in [0.3, 0.4) is 0 Å². The van der Waals surface area contributed by atoms with Crippen LogP contribution in [0.15, 0.2) is 47.4 Å². The molecule has 0 N–H and O–H groups in total. The van der Waals surface area contributed by atoms with Crippen molar-refractivity contribution in [3.63, 3.8) is 0 Å². The summed E-state index contributed by atoms with van der Waals surface area (Å²) >= 11 is 0. The first-order chi connectivity index (χ1) is 18.5. The lowest BCUT2D eigenvalue weighted by molar-refractivity contribution is -0.130. The molecule has 0 radical (unpaired) electrons. The molecule has 1 saturated carbocycles. The van der Waals surface area contributed by atoms with Crippen molar-refractivity contribution in [1.82, 2.24) is 14.1 Å². The second-order valence-electron chi connectivity index (χ2n) is 10.7. The number of aryl methyl sites for hydroxylation is 1. The summed E-state index contributed by atoms with van der Waals surface area (Å²) in [4.78, 5) is 27.9. The number of rotatable bonds is 5. The summed E-state index contributed by atoms with van der Waals surface area (Å²) in [5.74, 6) is -1.17. The van der Waals surface area contributed by atoms with Crippen LogP contribution in [-0.4, -0.2) is 72.3 Å². The minimum absolute atomic E-state index is 0.0549. The van der Waals surface area contributed by atoms with Gasteiger partial charge in [0.2, 0.25) is 15.9 Å². The third kappa shape index (κ3) is 5.38. The maximum Gasteiger partial charge on any atom is 0.410 e. The minimum atomic E-state index is -4.26. The molecule has 0 spiro atoms. The molecule has 2 amide bonds. The molecule has 0 bridgehead atoms. The second kappa shape index (κ2) is 10.5.